The first kappa shape index (κ1) is 19.8. The van der Waals surface area contributed by atoms with Crippen molar-refractivity contribution < 1.29 is 18.0 Å². The van der Waals surface area contributed by atoms with Crippen molar-refractivity contribution >= 4 is 24.0 Å². The highest BCUT2D eigenvalue weighted by atomic mass is 35.5. The fourth-order valence-corrected chi connectivity index (χ4v) is 2.06. The number of carbonyl (C=O) groups excluding carboxylic acids is 1. The average Bonchev–Trinajstić information content (AvgIpc) is 2.48. The number of nitrogens with two attached hydrogens (primary N) is 1. The Hall–Kier alpha value is -2.28. The third-order valence-corrected chi connectivity index (χ3v) is 3.30. The molecule has 0 radical (unpaired) electrons. The number of anilines is 1. The van der Waals surface area contributed by atoms with Gasteiger partial charge in [0.15, 0.2) is 0 Å². The normalized spacial score (nSPS) is 10.8. The van der Waals surface area contributed by atoms with Crippen LogP contribution in [0.1, 0.15) is 27.3 Å². The van der Waals surface area contributed by atoms with Gasteiger partial charge in [-0.2, -0.15) is 13.2 Å². The molecule has 0 spiro atoms. The molecular formula is C16H17ClF3N3O. The molecule has 3 N–H and O–H groups in total. The van der Waals surface area contributed by atoms with E-state index in [4.69, 9.17) is 5.73 Å². The van der Waals surface area contributed by atoms with Crippen molar-refractivity contribution in [2.24, 2.45) is 0 Å². The van der Waals surface area contributed by atoms with Gasteiger partial charge >= 0.3 is 6.18 Å². The van der Waals surface area contributed by atoms with Gasteiger partial charge in [-0.05, 0) is 43.2 Å². The monoisotopic (exact) mass is 359 g/mol. The van der Waals surface area contributed by atoms with E-state index in [0.717, 1.165) is 17.7 Å². The molecule has 0 aliphatic carbocycles. The number of nitrogen functional groups attached to an aromatic ring is 1. The molecule has 0 fully saturated rings. The molecular weight excluding hydrogens is 343 g/mol. The van der Waals surface area contributed by atoms with Crippen LogP contribution < -0.4 is 11.1 Å². The Kier molecular flexibility index (Phi) is 6.60. The molecule has 4 nitrogen and oxygen atoms in total. The molecule has 1 aromatic carbocycles. The first-order valence-corrected chi connectivity index (χ1v) is 6.95. The van der Waals surface area contributed by atoms with Crippen LogP contribution in [0.15, 0.2) is 36.4 Å². The zero-order chi connectivity index (χ0) is 17.0. The Morgan fingerprint density at radius 3 is 2.33 bits per heavy atom. The zero-order valence-electron chi connectivity index (χ0n) is 12.9. The molecule has 2 rings (SSSR count). The molecule has 0 aliphatic rings. The van der Waals surface area contributed by atoms with Gasteiger partial charge in [0.1, 0.15) is 5.69 Å². The minimum Gasteiger partial charge on any atom is -0.399 e. The van der Waals surface area contributed by atoms with Gasteiger partial charge in [-0.1, -0.05) is 12.1 Å². The number of alkyl halides is 3. The highest BCUT2D eigenvalue weighted by Gasteiger charge is 2.33. The van der Waals surface area contributed by atoms with E-state index in [1.54, 1.807) is 12.1 Å². The van der Waals surface area contributed by atoms with E-state index < -0.39 is 17.8 Å². The summed E-state index contributed by atoms with van der Waals surface area (Å²) in [6, 6.07) is 9.19. The molecule has 2 aromatic rings. The first-order chi connectivity index (χ1) is 10.8. The topological polar surface area (TPSA) is 68.0 Å². The number of benzene rings is 1. The van der Waals surface area contributed by atoms with Crippen LogP contribution in [0.3, 0.4) is 0 Å². The van der Waals surface area contributed by atoms with E-state index in [0.29, 0.717) is 18.7 Å². The van der Waals surface area contributed by atoms with E-state index in [1.807, 2.05) is 12.1 Å². The largest absolute Gasteiger partial charge is 0.433 e. The standard InChI is InChI=1S/C16H16F3N3O.ClH/c1-10-13(6-7-14(22-10)16(17,18)19)15(23)21-9-8-11-2-4-12(20)5-3-11;/h2-7H,8-9,20H2,1H3,(H,21,23);1H. The zero-order valence-corrected chi connectivity index (χ0v) is 13.7. The fourth-order valence-electron chi connectivity index (χ4n) is 2.06. The summed E-state index contributed by atoms with van der Waals surface area (Å²) >= 11 is 0. The Balaban J connectivity index is 0.00000288. The van der Waals surface area contributed by atoms with Crippen LogP contribution in [0, 0.1) is 6.92 Å². The second kappa shape index (κ2) is 8.01. The quantitative estimate of drug-likeness (QED) is 0.822. The van der Waals surface area contributed by atoms with Gasteiger partial charge in [-0.25, -0.2) is 4.98 Å². The van der Waals surface area contributed by atoms with Gasteiger partial charge in [0.25, 0.3) is 5.91 Å². The molecule has 0 unspecified atom stereocenters. The smallest absolute Gasteiger partial charge is 0.399 e. The number of nitrogens with zero attached hydrogens (tertiary/aromatic N) is 1. The van der Waals surface area contributed by atoms with Crippen LogP contribution >= 0.6 is 12.4 Å². The number of aryl methyl sites for hydroxylation is 1. The molecule has 0 bridgehead atoms. The average molecular weight is 360 g/mol. The predicted octanol–water partition coefficient (Wildman–Crippen LogP) is 3.39. The van der Waals surface area contributed by atoms with Gasteiger partial charge in [0.05, 0.1) is 11.3 Å². The third kappa shape index (κ3) is 5.13. The van der Waals surface area contributed by atoms with Crippen molar-refractivity contribution in [1.29, 1.82) is 0 Å². The minimum absolute atomic E-state index is 0. The molecule has 8 heteroatoms. The second-order valence-corrected chi connectivity index (χ2v) is 5.07. The van der Waals surface area contributed by atoms with Crippen molar-refractivity contribution in [3.05, 3.63) is 58.9 Å². The summed E-state index contributed by atoms with van der Waals surface area (Å²) in [7, 11) is 0. The summed E-state index contributed by atoms with van der Waals surface area (Å²) in [6.45, 7) is 1.74. The number of pyridine rings is 1. The number of hydrogen-bond acceptors (Lipinski definition) is 3. The third-order valence-electron chi connectivity index (χ3n) is 3.30. The maximum Gasteiger partial charge on any atom is 0.433 e. The highest BCUT2D eigenvalue weighted by Crippen LogP contribution is 2.28. The van der Waals surface area contributed by atoms with E-state index in [-0.39, 0.29) is 23.7 Å². The van der Waals surface area contributed by atoms with Crippen molar-refractivity contribution in [3.8, 4) is 0 Å². The first-order valence-electron chi connectivity index (χ1n) is 6.95. The van der Waals surface area contributed by atoms with Crippen molar-refractivity contribution in [3.63, 3.8) is 0 Å². The SMILES string of the molecule is Cc1nc(C(F)(F)F)ccc1C(=O)NCCc1ccc(N)cc1.Cl. The maximum absolute atomic E-state index is 12.5. The lowest BCUT2D eigenvalue weighted by Crippen LogP contribution is -2.27. The summed E-state index contributed by atoms with van der Waals surface area (Å²) < 4.78 is 37.6. The lowest BCUT2D eigenvalue weighted by molar-refractivity contribution is -0.141. The number of hydrogen-bond donors (Lipinski definition) is 2. The number of amides is 1. The molecule has 0 atom stereocenters. The Morgan fingerprint density at radius 1 is 1.17 bits per heavy atom. The van der Waals surface area contributed by atoms with E-state index >= 15 is 0 Å². The Labute approximate surface area is 143 Å². The molecule has 130 valence electrons. The number of halogens is 4. The summed E-state index contributed by atoms with van der Waals surface area (Å²) in [4.78, 5) is 15.5. The van der Waals surface area contributed by atoms with Gasteiger partial charge in [0, 0.05) is 12.2 Å². The lowest BCUT2D eigenvalue weighted by atomic mass is 10.1. The van der Waals surface area contributed by atoms with Crippen LogP contribution in [0.4, 0.5) is 18.9 Å². The summed E-state index contributed by atoms with van der Waals surface area (Å²) in [5.41, 5.74) is 6.42. The maximum atomic E-state index is 12.5. The summed E-state index contributed by atoms with van der Waals surface area (Å²) in [5.74, 6) is -0.445. The molecule has 0 aliphatic heterocycles. The molecule has 0 saturated heterocycles. The molecule has 24 heavy (non-hydrogen) atoms. The Bertz CT molecular complexity index is 703. The number of aromatic nitrogens is 1. The summed E-state index contributed by atoms with van der Waals surface area (Å²) in [5, 5.41) is 2.67. The van der Waals surface area contributed by atoms with E-state index in [2.05, 4.69) is 10.3 Å². The number of carbonyl (C=O) groups is 1. The van der Waals surface area contributed by atoms with Crippen molar-refractivity contribution in [2.45, 2.75) is 19.5 Å². The Morgan fingerprint density at radius 2 is 1.79 bits per heavy atom. The predicted molar refractivity (Wildman–Crippen MR) is 88.1 cm³/mol. The van der Waals surface area contributed by atoms with Gasteiger partial charge in [-0.15, -0.1) is 12.4 Å². The van der Waals surface area contributed by atoms with E-state index in [1.165, 1.54) is 6.92 Å². The van der Waals surface area contributed by atoms with Crippen molar-refractivity contribution in [1.82, 2.24) is 10.3 Å². The number of nitrogens with one attached hydrogen (secondary N) is 1. The molecule has 0 saturated carbocycles. The van der Waals surface area contributed by atoms with E-state index in [9.17, 15) is 18.0 Å². The summed E-state index contributed by atoms with van der Waals surface area (Å²) in [6.07, 6.45) is -3.92. The fraction of sp³-hybridized carbons (Fsp3) is 0.250. The molecule has 1 amide bonds. The van der Waals surface area contributed by atoms with Gasteiger partial charge in [0.2, 0.25) is 0 Å². The van der Waals surface area contributed by atoms with Crippen LogP contribution in [-0.2, 0) is 12.6 Å². The van der Waals surface area contributed by atoms with Crippen LogP contribution in [-0.4, -0.2) is 17.4 Å². The van der Waals surface area contributed by atoms with Crippen LogP contribution in [0.25, 0.3) is 0 Å². The van der Waals surface area contributed by atoms with Crippen molar-refractivity contribution in [2.75, 3.05) is 12.3 Å². The van der Waals surface area contributed by atoms with Crippen LogP contribution in [0.5, 0.6) is 0 Å². The van der Waals surface area contributed by atoms with Crippen LogP contribution in [0.2, 0.25) is 0 Å². The second-order valence-electron chi connectivity index (χ2n) is 5.07. The number of rotatable bonds is 4. The minimum atomic E-state index is -4.52. The van der Waals surface area contributed by atoms with Gasteiger partial charge < -0.3 is 11.1 Å². The highest BCUT2D eigenvalue weighted by molar-refractivity contribution is 5.95. The van der Waals surface area contributed by atoms with Gasteiger partial charge in [-0.3, -0.25) is 4.79 Å². The molecule has 1 heterocycles. The molecule has 1 aromatic heterocycles. The lowest BCUT2D eigenvalue weighted by Gasteiger charge is -2.10.